The van der Waals surface area contributed by atoms with Crippen molar-refractivity contribution in [1.82, 2.24) is 4.57 Å². The molecule has 1 N–H and O–H groups in total. The molecule has 2 heteroatoms. The molecule has 2 rings (SSSR count). The molecule has 0 spiro atoms. The number of rotatable bonds is 6. The first-order chi connectivity index (χ1) is 8.83. The smallest absolute Gasteiger partial charge is 0.0469 e. The fourth-order valence-corrected chi connectivity index (χ4v) is 2.12. The van der Waals surface area contributed by atoms with E-state index in [0.29, 0.717) is 0 Å². The molecule has 0 fully saturated rings. The molecule has 0 aliphatic heterocycles. The Bertz CT molecular complexity index is 456. The Hall–Kier alpha value is -1.70. The van der Waals surface area contributed by atoms with E-state index < -0.39 is 0 Å². The Labute approximate surface area is 110 Å². The molecule has 0 unspecified atom stereocenters. The SMILES string of the molecule is CCC(CC)CNc1cccc(-n2cccc2)c1. The molecule has 1 aromatic heterocycles. The number of aromatic nitrogens is 1. The minimum absolute atomic E-state index is 0.764. The molecule has 0 atom stereocenters. The molecular weight excluding hydrogens is 220 g/mol. The molecule has 0 amide bonds. The molecule has 2 aromatic rings. The molecular formula is C16H22N2. The second kappa shape index (κ2) is 6.29. The molecule has 0 radical (unpaired) electrons. The highest BCUT2D eigenvalue weighted by atomic mass is 14.9. The van der Waals surface area contributed by atoms with Gasteiger partial charge in [0.15, 0.2) is 0 Å². The Balaban J connectivity index is 2.04. The van der Waals surface area contributed by atoms with Crippen LogP contribution in [0.25, 0.3) is 5.69 Å². The van der Waals surface area contributed by atoms with Gasteiger partial charge in [0.1, 0.15) is 0 Å². The molecule has 1 aromatic carbocycles. The van der Waals surface area contributed by atoms with Gasteiger partial charge < -0.3 is 9.88 Å². The van der Waals surface area contributed by atoms with Crippen LogP contribution < -0.4 is 5.32 Å². The zero-order valence-corrected chi connectivity index (χ0v) is 11.3. The molecule has 0 bridgehead atoms. The summed E-state index contributed by atoms with van der Waals surface area (Å²) in [6.07, 6.45) is 6.61. The van der Waals surface area contributed by atoms with Crippen molar-refractivity contribution in [3.8, 4) is 5.69 Å². The van der Waals surface area contributed by atoms with Crippen molar-refractivity contribution in [2.24, 2.45) is 5.92 Å². The van der Waals surface area contributed by atoms with Gasteiger partial charge in [-0.05, 0) is 36.2 Å². The third-order valence-electron chi connectivity index (χ3n) is 3.50. The summed E-state index contributed by atoms with van der Waals surface area (Å²) in [6.45, 7) is 5.57. The lowest BCUT2D eigenvalue weighted by molar-refractivity contribution is 0.519. The van der Waals surface area contributed by atoms with Crippen LogP contribution in [-0.4, -0.2) is 11.1 Å². The highest BCUT2D eigenvalue weighted by Crippen LogP contribution is 2.16. The minimum atomic E-state index is 0.764. The second-order valence-electron chi connectivity index (χ2n) is 4.70. The van der Waals surface area contributed by atoms with Crippen LogP contribution in [0.15, 0.2) is 48.8 Å². The maximum Gasteiger partial charge on any atom is 0.0469 e. The lowest BCUT2D eigenvalue weighted by atomic mass is 10.0. The monoisotopic (exact) mass is 242 g/mol. The zero-order valence-electron chi connectivity index (χ0n) is 11.3. The minimum Gasteiger partial charge on any atom is -0.385 e. The Morgan fingerprint density at radius 3 is 2.44 bits per heavy atom. The summed E-state index contributed by atoms with van der Waals surface area (Å²) in [5.74, 6) is 0.764. The van der Waals surface area contributed by atoms with Crippen LogP contribution in [0, 0.1) is 5.92 Å². The topological polar surface area (TPSA) is 17.0 Å². The third-order valence-corrected chi connectivity index (χ3v) is 3.50. The average Bonchev–Trinajstić information content (AvgIpc) is 2.94. The van der Waals surface area contributed by atoms with Gasteiger partial charge in [-0.2, -0.15) is 0 Å². The fraction of sp³-hybridized carbons (Fsp3) is 0.375. The van der Waals surface area contributed by atoms with E-state index >= 15 is 0 Å². The standard InChI is InChI=1S/C16H22N2/c1-3-14(4-2)13-17-15-8-7-9-16(12-15)18-10-5-6-11-18/h5-12,14,17H,3-4,13H2,1-2H3. The molecule has 0 saturated carbocycles. The highest BCUT2D eigenvalue weighted by Gasteiger charge is 2.03. The summed E-state index contributed by atoms with van der Waals surface area (Å²) in [7, 11) is 0. The van der Waals surface area contributed by atoms with Gasteiger partial charge in [-0.1, -0.05) is 32.8 Å². The number of hydrogen-bond acceptors (Lipinski definition) is 1. The maximum atomic E-state index is 3.54. The first-order valence-electron chi connectivity index (χ1n) is 6.80. The number of benzene rings is 1. The molecule has 1 heterocycles. The summed E-state index contributed by atoms with van der Waals surface area (Å²) in [6, 6.07) is 12.7. The van der Waals surface area contributed by atoms with Crippen molar-refractivity contribution >= 4 is 5.69 Å². The van der Waals surface area contributed by atoms with E-state index in [-0.39, 0.29) is 0 Å². The fourth-order valence-electron chi connectivity index (χ4n) is 2.12. The lowest BCUT2D eigenvalue weighted by Gasteiger charge is -2.15. The number of anilines is 1. The number of nitrogens with zero attached hydrogens (tertiary/aromatic N) is 1. The van der Waals surface area contributed by atoms with E-state index in [1.54, 1.807) is 0 Å². The van der Waals surface area contributed by atoms with E-state index in [1.807, 2.05) is 12.1 Å². The van der Waals surface area contributed by atoms with E-state index in [2.05, 4.69) is 60.4 Å². The summed E-state index contributed by atoms with van der Waals surface area (Å²) < 4.78 is 2.13. The molecule has 18 heavy (non-hydrogen) atoms. The van der Waals surface area contributed by atoms with Gasteiger partial charge in [-0.25, -0.2) is 0 Å². The normalized spacial score (nSPS) is 10.8. The van der Waals surface area contributed by atoms with Crippen LogP contribution in [0.4, 0.5) is 5.69 Å². The van der Waals surface area contributed by atoms with Crippen molar-refractivity contribution in [2.75, 3.05) is 11.9 Å². The van der Waals surface area contributed by atoms with Gasteiger partial charge in [-0.15, -0.1) is 0 Å². The predicted molar refractivity (Wildman–Crippen MR) is 78.3 cm³/mol. The van der Waals surface area contributed by atoms with Crippen LogP contribution in [0.1, 0.15) is 26.7 Å². The van der Waals surface area contributed by atoms with Crippen molar-refractivity contribution < 1.29 is 0 Å². The third kappa shape index (κ3) is 3.16. The molecule has 0 aliphatic carbocycles. The summed E-state index contributed by atoms with van der Waals surface area (Å²) in [5, 5.41) is 3.54. The maximum absolute atomic E-state index is 3.54. The van der Waals surface area contributed by atoms with Crippen molar-refractivity contribution in [3.63, 3.8) is 0 Å². The average molecular weight is 242 g/mol. The Kier molecular flexibility index (Phi) is 4.46. The molecule has 96 valence electrons. The van der Waals surface area contributed by atoms with Gasteiger partial charge in [-0.3, -0.25) is 0 Å². The summed E-state index contributed by atoms with van der Waals surface area (Å²) in [4.78, 5) is 0. The second-order valence-corrected chi connectivity index (χ2v) is 4.70. The van der Waals surface area contributed by atoms with Crippen LogP contribution in [0.3, 0.4) is 0 Å². The highest BCUT2D eigenvalue weighted by molar-refractivity contribution is 5.51. The summed E-state index contributed by atoms with van der Waals surface area (Å²) in [5.41, 5.74) is 2.41. The van der Waals surface area contributed by atoms with Gasteiger partial charge >= 0.3 is 0 Å². The van der Waals surface area contributed by atoms with Gasteiger partial charge in [0, 0.05) is 30.3 Å². The molecule has 2 nitrogen and oxygen atoms in total. The van der Waals surface area contributed by atoms with Crippen molar-refractivity contribution in [1.29, 1.82) is 0 Å². The first-order valence-corrected chi connectivity index (χ1v) is 6.80. The van der Waals surface area contributed by atoms with Gasteiger partial charge in [0.2, 0.25) is 0 Å². The number of hydrogen-bond donors (Lipinski definition) is 1. The van der Waals surface area contributed by atoms with Crippen molar-refractivity contribution in [2.45, 2.75) is 26.7 Å². The zero-order chi connectivity index (χ0) is 12.8. The molecule has 0 aliphatic rings. The van der Waals surface area contributed by atoms with E-state index in [9.17, 15) is 0 Å². The Morgan fingerprint density at radius 2 is 1.78 bits per heavy atom. The molecule has 0 saturated heterocycles. The van der Waals surface area contributed by atoms with Gasteiger partial charge in [0.05, 0.1) is 0 Å². The first kappa shape index (κ1) is 12.7. The van der Waals surface area contributed by atoms with E-state index in [0.717, 1.165) is 12.5 Å². The van der Waals surface area contributed by atoms with Crippen LogP contribution in [0.2, 0.25) is 0 Å². The Morgan fingerprint density at radius 1 is 1.06 bits per heavy atom. The quantitative estimate of drug-likeness (QED) is 0.798. The van der Waals surface area contributed by atoms with Crippen LogP contribution in [0.5, 0.6) is 0 Å². The predicted octanol–water partition coefficient (Wildman–Crippen LogP) is 4.33. The summed E-state index contributed by atoms with van der Waals surface area (Å²) >= 11 is 0. The van der Waals surface area contributed by atoms with Gasteiger partial charge in [0.25, 0.3) is 0 Å². The van der Waals surface area contributed by atoms with Crippen LogP contribution in [-0.2, 0) is 0 Å². The van der Waals surface area contributed by atoms with E-state index in [1.165, 1.54) is 24.2 Å². The van der Waals surface area contributed by atoms with E-state index in [4.69, 9.17) is 0 Å². The number of nitrogens with one attached hydrogen (secondary N) is 1. The van der Waals surface area contributed by atoms with Crippen molar-refractivity contribution in [3.05, 3.63) is 48.8 Å². The van der Waals surface area contributed by atoms with Crippen LogP contribution >= 0.6 is 0 Å². The lowest BCUT2D eigenvalue weighted by Crippen LogP contribution is -2.12. The largest absolute Gasteiger partial charge is 0.385 e.